The molecule has 1 rings (SSSR count). The van der Waals surface area contributed by atoms with Crippen LogP contribution in [-0.4, -0.2) is 40.9 Å². The summed E-state index contributed by atoms with van der Waals surface area (Å²) in [5.74, 6) is 0.479. The minimum Gasteiger partial charge on any atom is -0.281 e. The Hall–Kier alpha value is -0.730. The first kappa shape index (κ1) is 15.3. The second-order valence-corrected chi connectivity index (χ2v) is 7.56. The number of H-pyrrole nitrogens is 1. The van der Waals surface area contributed by atoms with Crippen LogP contribution in [0.1, 0.15) is 24.7 Å². The van der Waals surface area contributed by atoms with Gasteiger partial charge in [0, 0.05) is 28.9 Å². The third-order valence-corrected chi connectivity index (χ3v) is 5.19. The summed E-state index contributed by atoms with van der Waals surface area (Å²) in [4.78, 5) is 0.201. The fourth-order valence-electron chi connectivity index (χ4n) is 1.66. The smallest absolute Gasteiger partial charge is 0.244 e. The number of hydrogen-bond donors (Lipinski definition) is 2. The van der Waals surface area contributed by atoms with E-state index in [1.54, 1.807) is 27.0 Å². The zero-order valence-electron chi connectivity index (χ0n) is 11.0. The van der Waals surface area contributed by atoms with Crippen molar-refractivity contribution in [3.63, 3.8) is 0 Å². The number of aromatic amines is 1. The number of nitrogens with one attached hydrogen (secondary N) is 2. The molecule has 18 heavy (non-hydrogen) atoms. The van der Waals surface area contributed by atoms with Crippen LogP contribution in [0.5, 0.6) is 0 Å². The highest BCUT2D eigenvalue weighted by Crippen LogP contribution is 2.16. The van der Waals surface area contributed by atoms with Crippen molar-refractivity contribution < 1.29 is 12.6 Å². The van der Waals surface area contributed by atoms with Gasteiger partial charge in [-0.1, -0.05) is 0 Å². The molecule has 0 aliphatic rings. The Labute approximate surface area is 110 Å². The Morgan fingerprint density at radius 2 is 2.06 bits per heavy atom. The van der Waals surface area contributed by atoms with Gasteiger partial charge in [-0.15, -0.1) is 0 Å². The summed E-state index contributed by atoms with van der Waals surface area (Å²) in [6.45, 7) is 5.07. The van der Waals surface area contributed by atoms with Gasteiger partial charge in [-0.2, -0.15) is 5.10 Å². The van der Waals surface area contributed by atoms with Crippen molar-refractivity contribution in [1.29, 1.82) is 0 Å². The maximum absolute atomic E-state index is 12.1. The van der Waals surface area contributed by atoms with Gasteiger partial charge in [-0.25, -0.2) is 13.1 Å². The zero-order valence-corrected chi connectivity index (χ0v) is 12.6. The highest BCUT2D eigenvalue weighted by molar-refractivity contribution is 7.89. The highest BCUT2D eigenvalue weighted by Gasteiger charge is 2.23. The largest absolute Gasteiger partial charge is 0.281 e. The SMILES string of the molecule is Cc1n[nH]c(C)c1S(=O)(=O)NC(C)CCS(C)=O. The van der Waals surface area contributed by atoms with E-state index in [0.717, 1.165) is 0 Å². The maximum Gasteiger partial charge on any atom is 0.244 e. The first-order valence-electron chi connectivity index (χ1n) is 5.58. The molecule has 1 aromatic rings. The van der Waals surface area contributed by atoms with Crippen molar-refractivity contribution in [3.8, 4) is 0 Å². The minimum absolute atomic E-state index is 0.201. The molecule has 2 N–H and O–H groups in total. The first-order chi connectivity index (χ1) is 8.24. The Kier molecular flexibility index (Phi) is 5.06. The minimum atomic E-state index is -3.57. The third kappa shape index (κ3) is 3.89. The number of sulfonamides is 1. The van der Waals surface area contributed by atoms with Crippen LogP contribution in [-0.2, 0) is 20.8 Å². The summed E-state index contributed by atoms with van der Waals surface area (Å²) in [6.07, 6.45) is 2.14. The molecule has 2 unspecified atom stereocenters. The Balaban J connectivity index is 2.80. The summed E-state index contributed by atoms with van der Waals surface area (Å²) >= 11 is 0. The van der Waals surface area contributed by atoms with E-state index in [1.807, 2.05) is 0 Å². The molecule has 6 nitrogen and oxygen atoms in total. The molecule has 0 radical (unpaired) electrons. The predicted octanol–water partition coefficient (Wildman–Crippen LogP) is 0.462. The van der Waals surface area contributed by atoms with E-state index >= 15 is 0 Å². The van der Waals surface area contributed by atoms with E-state index in [4.69, 9.17) is 0 Å². The molecule has 0 amide bonds. The number of rotatable bonds is 6. The van der Waals surface area contributed by atoms with Gasteiger partial charge in [0.2, 0.25) is 10.0 Å². The molecular formula is C10H19N3O3S2. The van der Waals surface area contributed by atoms with Gasteiger partial charge in [-0.3, -0.25) is 9.31 Å². The maximum atomic E-state index is 12.1. The monoisotopic (exact) mass is 293 g/mol. The molecule has 0 saturated heterocycles. The summed E-state index contributed by atoms with van der Waals surface area (Å²) in [6, 6.07) is -0.257. The number of aromatic nitrogens is 2. The van der Waals surface area contributed by atoms with Crippen molar-refractivity contribution in [2.24, 2.45) is 0 Å². The van der Waals surface area contributed by atoms with Gasteiger partial charge in [0.1, 0.15) is 4.90 Å². The van der Waals surface area contributed by atoms with Gasteiger partial charge in [0.25, 0.3) is 0 Å². The highest BCUT2D eigenvalue weighted by atomic mass is 32.2. The summed E-state index contributed by atoms with van der Waals surface area (Å²) < 4.78 is 37.8. The van der Waals surface area contributed by atoms with E-state index < -0.39 is 20.8 Å². The molecular weight excluding hydrogens is 274 g/mol. The normalized spacial score (nSPS) is 15.6. The molecule has 0 aliphatic heterocycles. The van der Waals surface area contributed by atoms with Crippen LogP contribution < -0.4 is 4.72 Å². The lowest BCUT2D eigenvalue weighted by Gasteiger charge is -2.13. The Morgan fingerprint density at radius 3 is 2.50 bits per heavy atom. The lowest BCUT2D eigenvalue weighted by Crippen LogP contribution is -2.34. The van der Waals surface area contributed by atoms with Gasteiger partial charge >= 0.3 is 0 Å². The second kappa shape index (κ2) is 5.94. The molecule has 0 saturated carbocycles. The Morgan fingerprint density at radius 1 is 1.44 bits per heavy atom. The number of aryl methyl sites for hydroxylation is 2. The van der Waals surface area contributed by atoms with Crippen LogP contribution >= 0.6 is 0 Å². The molecule has 104 valence electrons. The fraction of sp³-hybridized carbons (Fsp3) is 0.700. The molecule has 8 heteroatoms. The number of hydrogen-bond acceptors (Lipinski definition) is 4. The second-order valence-electron chi connectivity index (χ2n) is 4.35. The molecule has 1 aromatic heterocycles. The Bertz CT molecular complexity index is 517. The van der Waals surface area contributed by atoms with Crippen LogP contribution in [0, 0.1) is 13.8 Å². The van der Waals surface area contributed by atoms with E-state index in [1.165, 1.54) is 0 Å². The average molecular weight is 293 g/mol. The standard InChI is InChI=1S/C10H19N3O3S2/c1-7(5-6-17(4)14)13-18(15,16)10-8(2)11-12-9(10)3/h7,13H,5-6H2,1-4H3,(H,11,12). The van der Waals surface area contributed by atoms with Crippen LogP contribution in [0.3, 0.4) is 0 Å². The summed E-state index contributed by atoms with van der Waals surface area (Å²) in [7, 11) is -4.48. The van der Waals surface area contributed by atoms with Crippen molar-refractivity contribution in [1.82, 2.24) is 14.9 Å². The lowest BCUT2D eigenvalue weighted by molar-refractivity contribution is 0.554. The van der Waals surface area contributed by atoms with E-state index in [-0.39, 0.29) is 10.9 Å². The van der Waals surface area contributed by atoms with Gasteiger partial charge in [0.15, 0.2) is 0 Å². The van der Waals surface area contributed by atoms with Gasteiger partial charge in [-0.05, 0) is 27.2 Å². The predicted molar refractivity (Wildman–Crippen MR) is 71.4 cm³/mol. The lowest BCUT2D eigenvalue weighted by atomic mass is 10.3. The molecule has 0 spiro atoms. The van der Waals surface area contributed by atoms with E-state index in [2.05, 4.69) is 14.9 Å². The molecule has 0 bridgehead atoms. The summed E-state index contributed by atoms with van der Waals surface area (Å²) in [5, 5.41) is 6.52. The van der Waals surface area contributed by atoms with E-state index in [9.17, 15) is 12.6 Å². The van der Waals surface area contributed by atoms with Crippen LogP contribution in [0.4, 0.5) is 0 Å². The van der Waals surface area contributed by atoms with Crippen molar-refractivity contribution in [3.05, 3.63) is 11.4 Å². The van der Waals surface area contributed by atoms with Crippen molar-refractivity contribution >= 4 is 20.8 Å². The van der Waals surface area contributed by atoms with Gasteiger partial charge in [0.05, 0.1) is 11.4 Å². The zero-order chi connectivity index (χ0) is 13.9. The average Bonchev–Trinajstić information content (AvgIpc) is 2.55. The van der Waals surface area contributed by atoms with Crippen LogP contribution in [0.2, 0.25) is 0 Å². The van der Waals surface area contributed by atoms with Crippen molar-refractivity contribution in [2.45, 2.75) is 38.1 Å². The van der Waals surface area contributed by atoms with Gasteiger partial charge < -0.3 is 0 Å². The van der Waals surface area contributed by atoms with Crippen LogP contribution in [0.15, 0.2) is 4.90 Å². The summed E-state index contributed by atoms with van der Waals surface area (Å²) in [5.41, 5.74) is 0.970. The molecule has 0 aromatic carbocycles. The number of nitrogens with zero attached hydrogens (tertiary/aromatic N) is 1. The first-order valence-corrected chi connectivity index (χ1v) is 8.79. The quantitative estimate of drug-likeness (QED) is 0.797. The third-order valence-electron chi connectivity index (χ3n) is 2.52. The molecule has 0 fully saturated rings. The topological polar surface area (TPSA) is 91.9 Å². The fourth-order valence-corrected chi connectivity index (χ4v) is 4.00. The molecule has 0 aliphatic carbocycles. The molecule has 1 heterocycles. The van der Waals surface area contributed by atoms with E-state index in [0.29, 0.717) is 23.6 Å². The van der Waals surface area contributed by atoms with Crippen LogP contribution in [0.25, 0.3) is 0 Å². The molecule has 2 atom stereocenters. The van der Waals surface area contributed by atoms with Crippen molar-refractivity contribution in [2.75, 3.05) is 12.0 Å².